The van der Waals surface area contributed by atoms with Gasteiger partial charge in [0.2, 0.25) is 5.91 Å². The number of ether oxygens (including phenoxy) is 1. The van der Waals surface area contributed by atoms with Gasteiger partial charge in [0.15, 0.2) is 0 Å². The molecule has 0 heterocycles. The molecular weight excluding hydrogens is 220 g/mol. The third-order valence-corrected chi connectivity index (χ3v) is 2.54. The van der Waals surface area contributed by atoms with Gasteiger partial charge < -0.3 is 15.4 Å². The maximum Gasteiger partial charge on any atom is 0.305 e. The van der Waals surface area contributed by atoms with Gasteiger partial charge in [-0.1, -0.05) is 13.3 Å². The fraction of sp³-hybridized carbons (Fsp3) is 0.833. The maximum absolute atomic E-state index is 11.5. The summed E-state index contributed by atoms with van der Waals surface area (Å²) in [6.07, 6.45) is 3.10. The molecule has 5 nitrogen and oxygen atoms in total. The van der Waals surface area contributed by atoms with Crippen LogP contribution in [0.5, 0.6) is 0 Å². The average molecular weight is 244 g/mol. The monoisotopic (exact) mass is 244 g/mol. The lowest BCUT2D eigenvalue weighted by molar-refractivity contribution is -0.140. The molecule has 0 aromatic carbocycles. The van der Waals surface area contributed by atoms with E-state index in [0.29, 0.717) is 19.5 Å². The Kier molecular flexibility index (Phi) is 9.43. The van der Waals surface area contributed by atoms with Crippen molar-refractivity contribution in [2.45, 2.75) is 32.6 Å². The summed E-state index contributed by atoms with van der Waals surface area (Å²) in [6.45, 7) is 3.26. The molecule has 1 unspecified atom stereocenters. The first-order chi connectivity index (χ1) is 8.11. The van der Waals surface area contributed by atoms with Crippen LogP contribution in [0.2, 0.25) is 0 Å². The number of nitrogens with one attached hydrogen (secondary N) is 2. The van der Waals surface area contributed by atoms with Crippen LogP contribution in [-0.4, -0.2) is 39.1 Å². The number of hydrogen-bond donors (Lipinski definition) is 2. The zero-order valence-corrected chi connectivity index (χ0v) is 11.0. The lowest BCUT2D eigenvalue weighted by Crippen LogP contribution is -2.34. The highest BCUT2D eigenvalue weighted by atomic mass is 16.5. The molecule has 0 radical (unpaired) electrons. The largest absolute Gasteiger partial charge is 0.469 e. The van der Waals surface area contributed by atoms with Crippen molar-refractivity contribution in [1.82, 2.24) is 10.6 Å². The summed E-state index contributed by atoms with van der Waals surface area (Å²) in [6, 6.07) is 0. The van der Waals surface area contributed by atoms with Crippen LogP contribution in [0.25, 0.3) is 0 Å². The highest BCUT2D eigenvalue weighted by molar-refractivity contribution is 5.78. The topological polar surface area (TPSA) is 67.4 Å². The molecule has 100 valence electrons. The molecule has 2 N–H and O–H groups in total. The second-order valence-corrected chi connectivity index (χ2v) is 4.14. The SMILES string of the molecule is CNCC(C)C(=O)NCCCCCC(=O)OC. The van der Waals surface area contributed by atoms with Crippen LogP contribution < -0.4 is 10.6 Å². The first-order valence-electron chi connectivity index (χ1n) is 6.11. The van der Waals surface area contributed by atoms with Gasteiger partial charge in [-0.25, -0.2) is 0 Å². The minimum Gasteiger partial charge on any atom is -0.469 e. The zero-order valence-electron chi connectivity index (χ0n) is 11.0. The fourth-order valence-corrected chi connectivity index (χ4v) is 1.46. The van der Waals surface area contributed by atoms with Crippen molar-refractivity contribution in [2.24, 2.45) is 5.92 Å². The number of esters is 1. The molecule has 0 fully saturated rings. The number of hydrogen-bond acceptors (Lipinski definition) is 4. The molecule has 0 spiro atoms. The van der Waals surface area contributed by atoms with E-state index in [2.05, 4.69) is 15.4 Å². The number of methoxy groups -OCH3 is 1. The third-order valence-electron chi connectivity index (χ3n) is 2.54. The number of carbonyl (C=O) groups excluding carboxylic acids is 2. The molecule has 0 aliphatic heterocycles. The quantitative estimate of drug-likeness (QED) is 0.462. The zero-order chi connectivity index (χ0) is 13.1. The summed E-state index contributed by atoms with van der Waals surface area (Å²) < 4.78 is 4.54. The molecule has 5 heteroatoms. The van der Waals surface area contributed by atoms with E-state index < -0.39 is 0 Å². The molecular formula is C12H24N2O3. The van der Waals surface area contributed by atoms with Gasteiger partial charge in [-0.3, -0.25) is 9.59 Å². The van der Waals surface area contributed by atoms with Crippen molar-refractivity contribution >= 4 is 11.9 Å². The average Bonchev–Trinajstić information content (AvgIpc) is 2.33. The Morgan fingerprint density at radius 3 is 2.53 bits per heavy atom. The van der Waals surface area contributed by atoms with Crippen molar-refractivity contribution in [3.63, 3.8) is 0 Å². The summed E-state index contributed by atoms with van der Waals surface area (Å²) >= 11 is 0. The lowest BCUT2D eigenvalue weighted by atomic mass is 10.1. The van der Waals surface area contributed by atoms with Crippen LogP contribution in [-0.2, 0) is 14.3 Å². The predicted molar refractivity (Wildman–Crippen MR) is 66.6 cm³/mol. The normalized spacial score (nSPS) is 11.9. The molecule has 0 aromatic heterocycles. The minimum absolute atomic E-state index is 0.00457. The van der Waals surface area contributed by atoms with E-state index in [4.69, 9.17) is 0 Å². The van der Waals surface area contributed by atoms with E-state index in [9.17, 15) is 9.59 Å². The first kappa shape index (κ1) is 15.9. The number of unbranched alkanes of at least 4 members (excludes halogenated alkanes) is 2. The Morgan fingerprint density at radius 1 is 1.24 bits per heavy atom. The molecule has 1 amide bonds. The van der Waals surface area contributed by atoms with Crippen LogP contribution in [0, 0.1) is 5.92 Å². The highest BCUT2D eigenvalue weighted by Gasteiger charge is 2.10. The maximum atomic E-state index is 11.5. The standard InChI is InChI=1S/C12H24N2O3/c1-10(9-13-2)12(16)14-8-6-4-5-7-11(15)17-3/h10,13H,4-9H2,1-3H3,(H,14,16). The van der Waals surface area contributed by atoms with Gasteiger partial charge in [-0.2, -0.15) is 0 Å². The smallest absolute Gasteiger partial charge is 0.305 e. The van der Waals surface area contributed by atoms with Crippen LogP contribution in [0.3, 0.4) is 0 Å². The Hall–Kier alpha value is -1.10. The Balaban J connectivity index is 3.39. The van der Waals surface area contributed by atoms with Crippen LogP contribution in [0.15, 0.2) is 0 Å². The van der Waals surface area contributed by atoms with Crippen molar-refractivity contribution in [1.29, 1.82) is 0 Å². The second-order valence-electron chi connectivity index (χ2n) is 4.14. The minimum atomic E-state index is -0.170. The molecule has 0 saturated carbocycles. The second kappa shape index (κ2) is 10.1. The van der Waals surface area contributed by atoms with Gasteiger partial charge in [0.25, 0.3) is 0 Å². The van der Waals surface area contributed by atoms with Crippen LogP contribution in [0.1, 0.15) is 32.6 Å². The molecule has 0 rings (SSSR count). The number of carbonyl (C=O) groups is 2. The fourth-order valence-electron chi connectivity index (χ4n) is 1.46. The summed E-state index contributed by atoms with van der Waals surface area (Å²) in [5.41, 5.74) is 0. The molecule has 0 aromatic rings. The van der Waals surface area contributed by atoms with Gasteiger partial charge in [0.1, 0.15) is 0 Å². The number of rotatable bonds is 9. The van der Waals surface area contributed by atoms with Crippen molar-refractivity contribution in [3.8, 4) is 0 Å². The van der Waals surface area contributed by atoms with E-state index in [1.54, 1.807) is 0 Å². The van der Waals surface area contributed by atoms with Crippen LogP contribution >= 0.6 is 0 Å². The van der Waals surface area contributed by atoms with Gasteiger partial charge in [-0.05, 0) is 19.9 Å². The Morgan fingerprint density at radius 2 is 1.94 bits per heavy atom. The first-order valence-corrected chi connectivity index (χ1v) is 6.11. The van der Waals surface area contributed by atoms with E-state index in [-0.39, 0.29) is 17.8 Å². The van der Waals surface area contributed by atoms with E-state index in [1.165, 1.54) is 7.11 Å². The number of amides is 1. The van der Waals surface area contributed by atoms with Crippen molar-refractivity contribution < 1.29 is 14.3 Å². The summed E-state index contributed by atoms with van der Waals surface area (Å²) in [4.78, 5) is 22.3. The Bertz CT molecular complexity index is 232. The van der Waals surface area contributed by atoms with Gasteiger partial charge >= 0.3 is 5.97 Å². The third kappa shape index (κ3) is 8.68. The molecule has 1 atom stereocenters. The predicted octanol–water partition coefficient (Wildman–Crippen LogP) is 0.691. The summed E-state index contributed by atoms with van der Waals surface area (Å²) in [5.74, 6) is -0.0981. The van der Waals surface area contributed by atoms with E-state index in [1.807, 2.05) is 14.0 Å². The molecule has 0 aliphatic rings. The van der Waals surface area contributed by atoms with Gasteiger partial charge in [0.05, 0.1) is 7.11 Å². The van der Waals surface area contributed by atoms with E-state index >= 15 is 0 Å². The molecule has 0 bridgehead atoms. The molecule has 17 heavy (non-hydrogen) atoms. The highest BCUT2D eigenvalue weighted by Crippen LogP contribution is 2.00. The van der Waals surface area contributed by atoms with Gasteiger partial charge in [-0.15, -0.1) is 0 Å². The molecule has 0 aliphatic carbocycles. The van der Waals surface area contributed by atoms with Gasteiger partial charge in [0, 0.05) is 25.4 Å². The Labute approximate surface area is 103 Å². The van der Waals surface area contributed by atoms with Crippen molar-refractivity contribution in [2.75, 3.05) is 27.2 Å². The van der Waals surface area contributed by atoms with Crippen LogP contribution in [0.4, 0.5) is 0 Å². The lowest BCUT2D eigenvalue weighted by Gasteiger charge is -2.11. The summed E-state index contributed by atoms with van der Waals surface area (Å²) in [5, 5.41) is 5.84. The summed E-state index contributed by atoms with van der Waals surface area (Å²) in [7, 11) is 3.22. The van der Waals surface area contributed by atoms with E-state index in [0.717, 1.165) is 19.3 Å². The molecule has 0 saturated heterocycles. The van der Waals surface area contributed by atoms with Crippen molar-refractivity contribution in [3.05, 3.63) is 0 Å².